The van der Waals surface area contributed by atoms with Crippen LogP contribution in [-0.4, -0.2) is 52.8 Å². The van der Waals surface area contributed by atoms with Crippen molar-refractivity contribution in [1.29, 1.82) is 0 Å². The molecule has 1 amide bonds. The standard InChI is InChI=1S/C18H28N4O3/c1-12-14(19-5)20-11-21-15(12)24-13-6-9-22(10-18(13)7-8-18)16(23)25-17(2,3)4/h11,13H,6-10H2,1-5H3,(H,19,20,21). The Labute approximate surface area is 149 Å². The van der Waals surface area contributed by atoms with Crippen molar-refractivity contribution in [1.82, 2.24) is 14.9 Å². The van der Waals surface area contributed by atoms with Gasteiger partial charge in [-0.15, -0.1) is 0 Å². The molecule has 7 heteroatoms. The van der Waals surface area contributed by atoms with E-state index in [4.69, 9.17) is 9.47 Å². The molecule has 1 saturated carbocycles. The minimum absolute atomic E-state index is 0.0341. The van der Waals surface area contributed by atoms with Crippen LogP contribution in [-0.2, 0) is 4.74 Å². The summed E-state index contributed by atoms with van der Waals surface area (Å²) in [5.74, 6) is 1.40. The first kappa shape index (κ1) is 17.8. The maximum atomic E-state index is 12.4. The zero-order valence-corrected chi connectivity index (χ0v) is 15.8. The van der Waals surface area contributed by atoms with Gasteiger partial charge in [0.15, 0.2) is 0 Å². The summed E-state index contributed by atoms with van der Waals surface area (Å²) in [5, 5.41) is 3.05. The van der Waals surface area contributed by atoms with Crippen LogP contribution >= 0.6 is 0 Å². The SMILES string of the molecule is CNc1ncnc(OC2CCN(C(=O)OC(C)(C)C)CC23CC3)c1C. The molecule has 0 radical (unpaired) electrons. The Bertz CT molecular complexity index is 652. The number of amides is 1. The van der Waals surface area contributed by atoms with Crippen LogP contribution in [0.3, 0.4) is 0 Å². The van der Waals surface area contributed by atoms with Gasteiger partial charge in [-0.3, -0.25) is 0 Å². The normalized spacial score (nSPS) is 21.8. The Hall–Kier alpha value is -2.05. The molecule has 1 aliphatic heterocycles. The van der Waals surface area contributed by atoms with Crippen LogP contribution in [0.25, 0.3) is 0 Å². The van der Waals surface area contributed by atoms with Gasteiger partial charge in [-0.2, -0.15) is 0 Å². The number of nitrogens with zero attached hydrogens (tertiary/aromatic N) is 3. The van der Waals surface area contributed by atoms with Gasteiger partial charge >= 0.3 is 6.09 Å². The fourth-order valence-corrected chi connectivity index (χ4v) is 3.39. The summed E-state index contributed by atoms with van der Waals surface area (Å²) in [4.78, 5) is 22.7. The highest BCUT2D eigenvalue weighted by molar-refractivity contribution is 5.68. The van der Waals surface area contributed by atoms with E-state index in [1.807, 2.05) is 39.6 Å². The second-order valence-corrected chi connectivity index (χ2v) is 8.06. The van der Waals surface area contributed by atoms with Crippen molar-refractivity contribution in [3.8, 4) is 5.88 Å². The molecular formula is C18H28N4O3. The fraction of sp³-hybridized carbons (Fsp3) is 0.722. The van der Waals surface area contributed by atoms with Crippen LogP contribution in [0.15, 0.2) is 6.33 Å². The fourth-order valence-electron chi connectivity index (χ4n) is 3.39. The zero-order chi connectivity index (χ0) is 18.2. The van der Waals surface area contributed by atoms with Crippen LogP contribution in [0.5, 0.6) is 5.88 Å². The molecule has 1 aromatic rings. The summed E-state index contributed by atoms with van der Waals surface area (Å²) in [6, 6.07) is 0. The van der Waals surface area contributed by atoms with Crippen molar-refractivity contribution < 1.29 is 14.3 Å². The van der Waals surface area contributed by atoms with E-state index in [1.54, 1.807) is 0 Å². The topological polar surface area (TPSA) is 76.6 Å². The number of aromatic nitrogens is 2. The number of ether oxygens (including phenoxy) is 2. The highest BCUT2D eigenvalue weighted by atomic mass is 16.6. The predicted molar refractivity (Wildman–Crippen MR) is 94.8 cm³/mol. The number of nitrogens with one attached hydrogen (secondary N) is 1. The third-order valence-corrected chi connectivity index (χ3v) is 4.92. The summed E-state index contributed by atoms with van der Waals surface area (Å²) in [6.45, 7) is 8.97. The van der Waals surface area contributed by atoms with Crippen LogP contribution in [0.2, 0.25) is 0 Å². The van der Waals surface area contributed by atoms with Crippen molar-refractivity contribution in [2.75, 3.05) is 25.5 Å². The largest absolute Gasteiger partial charge is 0.473 e. The van der Waals surface area contributed by atoms with Gasteiger partial charge < -0.3 is 19.7 Å². The lowest BCUT2D eigenvalue weighted by molar-refractivity contribution is -0.00969. The van der Waals surface area contributed by atoms with E-state index in [0.29, 0.717) is 19.0 Å². The van der Waals surface area contributed by atoms with E-state index >= 15 is 0 Å². The molecule has 1 aliphatic carbocycles. The molecule has 1 atom stereocenters. The first-order valence-corrected chi connectivity index (χ1v) is 8.88. The number of hydrogen-bond acceptors (Lipinski definition) is 6. The van der Waals surface area contributed by atoms with Crippen LogP contribution in [0.1, 0.15) is 45.6 Å². The van der Waals surface area contributed by atoms with Gasteiger partial charge in [-0.1, -0.05) is 0 Å². The number of likely N-dealkylation sites (tertiary alicyclic amines) is 1. The average Bonchev–Trinajstić information content (AvgIpc) is 3.29. The first-order chi connectivity index (χ1) is 11.7. The third kappa shape index (κ3) is 3.80. The second-order valence-electron chi connectivity index (χ2n) is 8.06. The molecule has 1 spiro atoms. The lowest BCUT2D eigenvalue weighted by atomic mass is 9.91. The molecule has 2 fully saturated rings. The van der Waals surface area contributed by atoms with Crippen molar-refractivity contribution in [3.05, 3.63) is 11.9 Å². The Balaban J connectivity index is 1.68. The summed E-state index contributed by atoms with van der Waals surface area (Å²) in [6.07, 6.45) is 4.29. The summed E-state index contributed by atoms with van der Waals surface area (Å²) in [7, 11) is 1.83. The quantitative estimate of drug-likeness (QED) is 0.905. The summed E-state index contributed by atoms with van der Waals surface area (Å²) in [5.41, 5.74) is 0.477. The molecule has 0 aromatic carbocycles. The molecule has 2 aliphatic rings. The van der Waals surface area contributed by atoms with E-state index in [2.05, 4.69) is 15.3 Å². The lowest BCUT2D eigenvalue weighted by Crippen LogP contribution is -2.50. The van der Waals surface area contributed by atoms with Crippen LogP contribution in [0, 0.1) is 12.3 Å². The van der Waals surface area contributed by atoms with Gasteiger partial charge in [0.1, 0.15) is 23.9 Å². The van der Waals surface area contributed by atoms with Gasteiger partial charge in [-0.25, -0.2) is 14.8 Å². The molecule has 1 aromatic heterocycles. The van der Waals surface area contributed by atoms with Gasteiger partial charge in [0, 0.05) is 32.0 Å². The Kier molecular flexibility index (Phi) is 4.51. The van der Waals surface area contributed by atoms with Gasteiger partial charge in [0.05, 0.1) is 5.56 Å². The number of carbonyl (C=O) groups is 1. The number of rotatable bonds is 3. The molecule has 138 valence electrons. The maximum Gasteiger partial charge on any atom is 0.410 e. The highest BCUT2D eigenvalue weighted by Gasteiger charge is 2.55. The Morgan fingerprint density at radius 2 is 2.08 bits per heavy atom. The number of carbonyl (C=O) groups excluding carboxylic acids is 1. The predicted octanol–water partition coefficient (Wildman–Crippen LogP) is 3.00. The van der Waals surface area contributed by atoms with Gasteiger partial charge in [-0.05, 0) is 40.5 Å². The first-order valence-electron chi connectivity index (χ1n) is 8.88. The van der Waals surface area contributed by atoms with E-state index < -0.39 is 5.60 Å². The van der Waals surface area contributed by atoms with Crippen LogP contribution in [0.4, 0.5) is 10.6 Å². The number of piperidine rings is 1. The van der Waals surface area contributed by atoms with Gasteiger partial charge in [0.25, 0.3) is 0 Å². The van der Waals surface area contributed by atoms with Crippen molar-refractivity contribution in [2.45, 2.75) is 58.7 Å². The zero-order valence-electron chi connectivity index (χ0n) is 15.8. The monoisotopic (exact) mass is 348 g/mol. The van der Waals surface area contributed by atoms with Crippen LogP contribution < -0.4 is 10.1 Å². The summed E-state index contributed by atoms with van der Waals surface area (Å²) >= 11 is 0. The molecule has 25 heavy (non-hydrogen) atoms. The molecule has 0 bridgehead atoms. The molecule has 3 rings (SSSR count). The number of hydrogen-bond donors (Lipinski definition) is 1. The smallest absolute Gasteiger partial charge is 0.410 e. The van der Waals surface area contributed by atoms with E-state index in [-0.39, 0.29) is 17.6 Å². The second kappa shape index (κ2) is 6.35. The van der Waals surface area contributed by atoms with Crippen molar-refractivity contribution in [3.63, 3.8) is 0 Å². The lowest BCUT2D eigenvalue weighted by Gasteiger charge is -2.39. The van der Waals surface area contributed by atoms with Gasteiger partial charge in [0.2, 0.25) is 5.88 Å². The van der Waals surface area contributed by atoms with E-state index in [9.17, 15) is 4.79 Å². The maximum absolute atomic E-state index is 12.4. The molecular weight excluding hydrogens is 320 g/mol. The molecule has 7 nitrogen and oxygen atoms in total. The van der Waals surface area contributed by atoms with E-state index in [0.717, 1.165) is 30.6 Å². The molecule has 1 N–H and O–H groups in total. The van der Waals surface area contributed by atoms with E-state index in [1.165, 1.54) is 6.33 Å². The average molecular weight is 348 g/mol. The molecule has 2 heterocycles. The molecule has 1 saturated heterocycles. The minimum atomic E-state index is -0.469. The Morgan fingerprint density at radius 1 is 1.36 bits per heavy atom. The van der Waals surface area contributed by atoms with Crippen molar-refractivity contribution in [2.24, 2.45) is 5.41 Å². The van der Waals surface area contributed by atoms with Crippen molar-refractivity contribution >= 4 is 11.9 Å². The highest BCUT2D eigenvalue weighted by Crippen LogP contribution is 2.53. The third-order valence-electron chi connectivity index (χ3n) is 4.92. The minimum Gasteiger partial charge on any atom is -0.473 e. The Morgan fingerprint density at radius 3 is 2.68 bits per heavy atom. The molecule has 1 unspecified atom stereocenters. The summed E-state index contributed by atoms with van der Waals surface area (Å²) < 4.78 is 11.8. The number of anilines is 1.